The topological polar surface area (TPSA) is 52.3 Å². The van der Waals surface area contributed by atoms with Crippen LogP contribution >= 0.6 is 47.2 Å². The first-order chi connectivity index (χ1) is 8.23. The Balaban J connectivity index is 0.00000324. The van der Waals surface area contributed by atoms with Gasteiger partial charge in [-0.3, -0.25) is 4.79 Å². The van der Waals surface area contributed by atoms with Gasteiger partial charge in [-0.2, -0.15) is 0 Å². The van der Waals surface area contributed by atoms with E-state index in [-0.39, 0.29) is 17.4 Å². The van der Waals surface area contributed by atoms with Gasteiger partial charge < -0.3 is 10.5 Å². The van der Waals surface area contributed by atoms with Crippen LogP contribution in [0.25, 0.3) is 0 Å². The molecular weight excluding hydrogens is 332 g/mol. The average Bonchev–Trinajstić information content (AvgIpc) is 2.33. The summed E-state index contributed by atoms with van der Waals surface area (Å²) in [4.78, 5) is 11.7. The van der Waals surface area contributed by atoms with E-state index < -0.39 is 17.4 Å². The molecule has 0 saturated heterocycles. The third-order valence-corrected chi connectivity index (χ3v) is 4.03. The summed E-state index contributed by atoms with van der Waals surface area (Å²) in [5.74, 6) is -0.442. The van der Waals surface area contributed by atoms with Crippen molar-refractivity contribution in [3.8, 4) is 0 Å². The second kappa shape index (κ2) is 7.00. The van der Waals surface area contributed by atoms with Crippen LogP contribution < -0.4 is 5.73 Å². The Labute approximate surface area is 133 Å². The van der Waals surface area contributed by atoms with Crippen molar-refractivity contribution in [3.63, 3.8) is 0 Å². The van der Waals surface area contributed by atoms with E-state index in [0.29, 0.717) is 15.6 Å². The largest absolute Gasteiger partial charge is 0.469 e. The Bertz CT molecular complexity index is 477. The quantitative estimate of drug-likeness (QED) is 0.656. The van der Waals surface area contributed by atoms with E-state index in [1.54, 1.807) is 26.0 Å². The molecule has 3 nitrogen and oxygen atoms in total. The molecule has 0 saturated carbocycles. The number of hydrogen-bond acceptors (Lipinski definition) is 3. The highest BCUT2D eigenvalue weighted by Gasteiger charge is 2.38. The molecule has 19 heavy (non-hydrogen) atoms. The van der Waals surface area contributed by atoms with Crippen LogP contribution in [0.5, 0.6) is 0 Å². The Morgan fingerprint density at radius 1 is 1.26 bits per heavy atom. The van der Waals surface area contributed by atoms with Crippen molar-refractivity contribution in [2.24, 2.45) is 11.1 Å². The second-order valence-electron chi connectivity index (χ2n) is 4.45. The van der Waals surface area contributed by atoms with Gasteiger partial charge in [-0.05, 0) is 26.0 Å². The summed E-state index contributed by atoms with van der Waals surface area (Å²) in [7, 11) is 1.30. The molecule has 1 rings (SSSR count). The number of hydrogen-bond donors (Lipinski definition) is 1. The molecule has 0 aliphatic carbocycles. The molecule has 0 aromatic heterocycles. The minimum Gasteiger partial charge on any atom is -0.469 e. The number of methoxy groups -OCH3 is 1. The summed E-state index contributed by atoms with van der Waals surface area (Å²) in [6.45, 7) is 3.33. The van der Waals surface area contributed by atoms with Crippen LogP contribution in [0.3, 0.4) is 0 Å². The van der Waals surface area contributed by atoms with Crippen LogP contribution in [0.1, 0.15) is 25.5 Å². The van der Waals surface area contributed by atoms with Crippen LogP contribution in [0, 0.1) is 5.41 Å². The number of halogens is 4. The number of benzene rings is 1. The van der Waals surface area contributed by atoms with Gasteiger partial charge in [0.05, 0.1) is 22.6 Å². The van der Waals surface area contributed by atoms with E-state index in [4.69, 9.17) is 45.3 Å². The molecule has 0 unspecified atom stereocenters. The van der Waals surface area contributed by atoms with Gasteiger partial charge in [0.1, 0.15) is 0 Å². The SMILES string of the molecule is COC(=O)C(C)(C)[C@@H](N)c1c(Cl)ccc(Cl)c1Cl.Cl. The first-order valence-electron chi connectivity index (χ1n) is 5.20. The van der Waals surface area contributed by atoms with Gasteiger partial charge in [-0.25, -0.2) is 0 Å². The number of carbonyl (C=O) groups is 1. The predicted molar refractivity (Wildman–Crippen MR) is 81.4 cm³/mol. The van der Waals surface area contributed by atoms with Crippen LogP contribution in [0.2, 0.25) is 15.1 Å². The van der Waals surface area contributed by atoms with Gasteiger partial charge in [-0.15, -0.1) is 12.4 Å². The summed E-state index contributed by atoms with van der Waals surface area (Å²) >= 11 is 18.1. The lowest BCUT2D eigenvalue weighted by Gasteiger charge is -2.30. The van der Waals surface area contributed by atoms with Crippen molar-refractivity contribution in [1.82, 2.24) is 0 Å². The van der Waals surface area contributed by atoms with Crippen LogP contribution in [-0.4, -0.2) is 13.1 Å². The molecule has 2 N–H and O–H groups in total. The molecule has 0 amide bonds. The third kappa shape index (κ3) is 3.67. The minimum absolute atomic E-state index is 0. The summed E-state index contributed by atoms with van der Waals surface area (Å²) < 4.78 is 4.73. The molecule has 0 radical (unpaired) electrons. The monoisotopic (exact) mass is 345 g/mol. The predicted octanol–water partition coefficient (Wildman–Crippen LogP) is 4.27. The van der Waals surface area contributed by atoms with Crippen LogP contribution in [0.4, 0.5) is 0 Å². The highest BCUT2D eigenvalue weighted by Crippen LogP contribution is 2.42. The highest BCUT2D eigenvalue weighted by atomic mass is 35.5. The molecule has 0 spiro atoms. The molecule has 1 aromatic rings. The number of nitrogens with two attached hydrogens (primary N) is 1. The summed E-state index contributed by atoms with van der Waals surface area (Å²) in [5, 5.41) is 0.967. The Hall–Kier alpha value is -0.190. The fourth-order valence-electron chi connectivity index (χ4n) is 1.58. The smallest absolute Gasteiger partial charge is 0.313 e. The standard InChI is InChI=1S/C12H14Cl3NO2.ClH/c1-12(2,11(17)18-3)10(16)8-6(13)4-5-7(14)9(8)15;/h4-5,10H,16H2,1-3H3;1H/t10-;/m0./s1. The minimum atomic E-state index is -0.966. The fraction of sp³-hybridized carbons (Fsp3) is 0.417. The molecule has 1 aromatic carbocycles. The molecule has 7 heteroatoms. The van der Waals surface area contributed by atoms with E-state index in [9.17, 15) is 4.79 Å². The Kier molecular flexibility index (Phi) is 6.93. The summed E-state index contributed by atoms with van der Waals surface area (Å²) in [6, 6.07) is 2.45. The average molecular weight is 347 g/mol. The van der Waals surface area contributed by atoms with Gasteiger partial charge in [0.15, 0.2) is 0 Å². The lowest BCUT2D eigenvalue weighted by atomic mass is 9.81. The molecule has 0 fully saturated rings. The zero-order valence-corrected chi connectivity index (χ0v) is 13.8. The van der Waals surface area contributed by atoms with Crippen molar-refractivity contribution in [3.05, 3.63) is 32.8 Å². The van der Waals surface area contributed by atoms with Gasteiger partial charge in [0.25, 0.3) is 0 Å². The molecule has 0 aliphatic rings. The van der Waals surface area contributed by atoms with Crippen LogP contribution in [0.15, 0.2) is 12.1 Å². The first kappa shape index (κ1) is 18.8. The van der Waals surface area contributed by atoms with Crippen molar-refractivity contribution in [2.75, 3.05) is 7.11 Å². The molecule has 0 aliphatic heterocycles. The first-order valence-corrected chi connectivity index (χ1v) is 6.34. The van der Waals surface area contributed by atoms with Gasteiger partial charge >= 0.3 is 5.97 Å². The van der Waals surface area contributed by atoms with Crippen molar-refractivity contribution in [2.45, 2.75) is 19.9 Å². The maximum Gasteiger partial charge on any atom is 0.313 e. The molecule has 0 bridgehead atoms. The number of ether oxygens (including phenoxy) is 1. The molecule has 1 atom stereocenters. The van der Waals surface area contributed by atoms with Crippen molar-refractivity contribution in [1.29, 1.82) is 0 Å². The Morgan fingerprint density at radius 3 is 2.21 bits per heavy atom. The van der Waals surface area contributed by atoms with E-state index in [2.05, 4.69) is 0 Å². The number of carbonyl (C=O) groups excluding carboxylic acids is 1. The van der Waals surface area contributed by atoms with Crippen molar-refractivity contribution < 1.29 is 9.53 Å². The second-order valence-corrected chi connectivity index (χ2v) is 5.64. The summed E-state index contributed by atoms with van der Waals surface area (Å²) in [6.07, 6.45) is 0. The molecule has 0 heterocycles. The Morgan fingerprint density at radius 2 is 1.74 bits per heavy atom. The van der Waals surface area contributed by atoms with Gasteiger partial charge in [-0.1, -0.05) is 34.8 Å². The molecular formula is C12H15Cl4NO2. The fourth-order valence-corrected chi connectivity index (χ4v) is 2.35. The van der Waals surface area contributed by atoms with E-state index in [1.807, 2.05) is 0 Å². The molecule has 108 valence electrons. The maximum absolute atomic E-state index is 11.7. The van der Waals surface area contributed by atoms with Gasteiger partial charge in [0.2, 0.25) is 0 Å². The zero-order chi connectivity index (χ0) is 14.1. The third-order valence-electron chi connectivity index (χ3n) is 2.88. The highest BCUT2D eigenvalue weighted by molar-refractivity contribution is 6.44. The normalized spacial score (nSPS) is 12.6. The lowest BCUT2D eigenvalue weighted by molar-refractivity contribution is -0.152. The van der Waals surface area contributed by atoms with E-state index in [1.165, 1.54) is 7.11 Å². The van der Waals surface area contributed by atoms with Crippen LogP contribution in [-0.2, 0) is 9.53 Å². The van der Waals surface area contributed by atoms with E-state index >= 15 is 0 Å². The zero-order valence-electron chi connectivity index (χ0n) is 10.7. The maximum atomic E-state index is 11.7. The summed E-state index contributed by atoms with van der Waals surface area (Å²) in [5.41, 5.74) is 5.57. The lowest BCUT2D eigenvalue weighted by Crippen LogP contribution is -2.37. The number of rotatable bonds is 3. The van der Waals surface area contributed by atoms with Crippen molar-refractivity contribution >= 4 is 53.2 Å². The van der Waals surface area contributed by atoms with Gasteiger partial charge in [0, 0.05) is 16.6 Å². The van der Waals surface area contributed by atoms with E-state index in [0.717, 1.165) is 0 Å². The number of esters is 1.